The molecule has 1 N–H and O–H groups in total. The molecule has 1 aromatic carbocycles. The van der Waals surface area contributed by atoms with E-state index >= 15 is 0 Å². The standard InChI is InChI=1S/C13H14N2O2/c1-8-4-9(2)6-11(5-8)17-13-7-12(16)14-10(3)15-13/h4-7H,1-3H3,(H,14,15,16). The number of ether oxygens (including phenoxy) is 1. The Morgan fingerprint density at radius 2 is 1.71 bits per heavy atom. The molecule has 0 bridgehead atoms. The molecule has 2 aromatic rings. The highest BCUT2D eigenvalue weighted by molar-refractivity contribution is 5.35. The van der Waals surface area contributed by atoms with Crippen molar-refractivity contribution >= 4 is 0 Å². The number of hydrogen-bond donors (Lipinski definition) is 1. The topological polar surface area (TPSA) is 55.0 Å². The van der Waals surface area contributed by atoms with Gasteiger partial charge in [-0.3, -0.25) is 4.79 Å². The number of rotatable bonds is 2. The van der Waals surface area contributed by atoms with Gasteiger partial charge in [0.05, 0.1) is 6.07 Å². The molecule has 4 heteroatoms. The van der Waals surface area contributed by atoms with E-state index in [9.17, 15) is 4.79 Å². The molecular weight excluding hydrogens is 216 g/mol. The maximum atomic E-state index is 11.3. The van der Waals surface area contributed by atoms with Crippen molar-refractivity contribution in [3.8, 4) is 11.6 Å². The molecule has 0 spiro atoms. The fraction of sp³-hybridized carbons (Fsp3) is 0.231. The van der Waals surface area contributed by atoms with Gasteiger partial charge in [-0.05, 0) is 44.0 Å². The molecule has 0 saturated heterocycles. The Labute approximate surface area is 99.3 Å². The van der Waals surface area contributed by atoms with Crippen molar-refractivity contribution in [2.45, 2.75) is 20.8 Å². The van der Waals surface area contributed by atoms with Crippen molar-refractivity contribution in [1.82, 2.24) is 9.97 Å². The lowest BCUT2D eigenvalue weighted by molar-refractivity contribution is 0.458. The maximum Gasteiger partial charge on any atom is 0.254 e. The van der Waals surface area contributed by atoms with E-state index in [2.05, 4.69) is 16.0 Å². The zero-order valence-corrected chi connectivity index (χ0v) is 10.1. The molecule has 0 saturated carbocycles. The Hall–Kier alpha value is -2.10. The van der Waals surface area contributed by atoms with Gasteiger partial charge in [0.25, 0.3) is 5.56 Å². The number of hydrogen-bond acceptors (Lipinski definition) is 3. The molecule has 1 aromatic heterocycles. The van der Waals surface area contributed by atoms with Gasteiger partial charge in [0.2, 0.25) is 5.88 Å². The molecule has 0 atom stereocenters. The first kappa shape index (κ1) is 11.4. The minimum Gasteiger partial charge on any atom is -0.439 e. The van der Waals surface area contributed by atoms with Crippen LogP contribution in [0.5, 0.6) is 11.6 Å². The summed E-state index contributed by atoms with van der Waals surface area (Å²) in [5.74, 6) is 1.55. The van der Waals surface area contributed by atoms with Gasteiger partial charge < -0.3 is 9.72 Å². The van der Waals surface area contributed by atoms with E-state index in [1.54, 1.807) is 6.92 Å². The molecule has 0 unspecified atom stereocenters. The normalized spacial score (nSPS) is 10.3. The molecule has 88 valence electrons. The van der Waals surface area contributed by atoms with Crippen molar-refractivity contribution < 1.29 is 4.74 Å². The van der Waals surface area contributed by atoms with Crippen LogP contribution < -0.4 is 10.3 Å². The van der Waals surface area contributed by atoms with Crippen molar-refractivity contribution in [3.05, 3.63) is 51.6 Å². The Bertz CT molecular complexity index is 582. The van der Waals surface area contributed by atoms with Crippen LogP contribution in [0.25, 0.3) is 0 Å². The second kappa shape index (κ2) is 4.41. The van der Waals surface area contributed by atoms with Crippen molar-refractivity contribution in [1.29, 1.82) is 0 Å². The van der Waals surface area contributed by atoms with Crippen molar-refractivity contribution in [3.63, 3.8) is 0 Å². The highest BCUT2D eigenvalue weighted by atomic mass is 16.5. The SMILES string of the molecule is Cc1cc(C)cc(Oc2cc(=O)[nH]c(C)n2)c1. The molecule has 1 heterocycles. The Morgan fingerprint density at radius 1 is 1.06 bits per heavy atom. The quantitative estimate of drug-likeness (QED) is 0.862. The summed E-state index contributed by atoms with van der Waals surface area (Å²) in [5.41, 5.74) is 2.01. The van der Waals surface area contributed by atoms with Crippen LogP contribution in [0.1, 0.15) is 17.0 Å². The van der Waals surface area contributed by atoms with Crippen LogP contribution in [0.4, 0.5) is 0 Å². The van der Waals surface area contributed by atoms with Gasteiger partial charge in [0.15, 0.2) is 0 Å². The first-order valence-electron chi connectivity index (χ1n) is 5.37. The van der Waals surface area contributed by atoms with Crippen LogP contribution in [-0.4, -0.2) is 9.97 Å². The highest BCUT2D eigenvalue weighted by Crippen LogP contribution is 2.21. The smallest absolute Gasteiger partial charge is 0.254 e. The molecule has 0 fully saturated rings. The van der Waals surface area contributed by atoms with Crippen LogP contribution in [0.15, 0.2) is 29.1 Å². The van der Waals surface area contributed by atoms with E-state index in [1.807, 2.05) is 26.0 Å². The van der Waals surface area contributed by atoms with Crippen molar-refractivity contribution in [2.24, 2.45) is 0 Å². The average molecular weight is 230 g/mol. The van der Waals surface area contributed by atoms with E-state index in [0.717, 1.165) is 11.1 Å². The number of H-pyrrole nitrogens is 1. The minimum absolute atomic E-state index is 0.211. The Morgan fingerprint density at radius 3 is 2.29 bits per heavy atom. The van der Waals surface area contributed by atoms with E-state index in [-0.39, 0.29) is 5.56 Å². The number of nitrogens with zero attached hydrogens (tertiary/aromatic N) is 1. The summed E-state index contributed by atoms with van der Waals surface area (Å²) < 4.78 is 5.57. The third kappa shape index (κ3) is 2.93. The third-order valence-corrected chi connectivity index (χ3v) is 2.25. The molecule has 0 radical (unpaired) electrons. The molecule has 4 nitrogen and oxygen atoms in total. The number of aromatic amines is 1. The third-order valence-electron chi connectivity index (χ3n) is 2.25. The first-order chi connectivity index (χ1) is 8.02. The summed E-state index contributed by atoms with van der Waals surface area (Å²) in [7, 11) is 0. The lowest BCUT2D eigenvalue weighted by atomic mass is 10.1. The molecular formula is C13H14N2O2. The molecule has 0 aliphatic rings. The predicted octanol–water partition coefficient (Wildman–Crippen LogP) is 2.49. The van der Waals surface area contributed by atoms with Gasteiger partial charge in [-0.1, -0.05) is 6.07 Å². The molecule has 2 rings (SSSR count). The van der Waals surface area contributed by atoms with Crippen LogP contribution in [0.3, 0.4) is 0 Å². The van der Waals surface area contributed by atoms with E-state index in [4.69, 9.17) is 4.74 Å². The lowest BCUT2D eigenvalue weighted by Gasteiger charge is -2.06. The Kier molecular flexibility index (Phi) is 2.95. The monoisotopic (exact) mass is 230 g/mol. The van der Waals surface area contributed by atoms with Crippen LogP contribution in [0.2, 0.25) is 0 Å². The van der Waals surface area contributed by atoms with Gasteiger partial charge in [-0.25, -0.2) is 4.98 Å². The molecule has 0 aliphatic carbocycles. The van der Waals surface area contributed by atoms with E-state index < -0.39 is 0 Å². The minimum atomic E-state index is -0.211. The van der Waals surface area contributed by atoms with Crippen LogP contribution in [0, 0.1) is 20.8 Å². The van der Waals surface area contributed by atoms with Gasteiger partial charge in [-0.2, -0.15) is 0 Å². The van der Waals surface area contributed by atoms with Gasteiger partial charge in [0, 0.05) is 0 Å². The van der Waals surface area contributed by atoms with E-state index in [0.29, 0.717) is 17.5 Å². The van der Waals surface area contributed by atoms with Gasteiger partial charge in [-0.15, -0.1) is 0 Å². The largest absolute Gasteiger partial charge is 0.439 e. The fourth-order valence-electron chi connectivity index (χ4n) is 1.72. The lowest BCUT2D eigenvalue weighted by Crippen LogP contribution is -2.08. The summed E-state index contributed by atoms with van der Waals surface area (Å²) in [6.45, 7) is 5.71. The maximum absolute atomic E-state index is 11.3. The number of benzene rings is 1. The van der Waals surface area contributed by atoms with Crippen LogP contribution in [-0.2, 0) is 0 Å². The summed E-state index contributed by atoms with van der Waals surface area (Å²) in [5, 5.41) is 0. The predicted molar refractivity (Wildman–Crippen MR) is 65.6 cm³/mol. The second-order valence-corrected chi connectivity index (χ2v) is 4.09. The number of aryl methyl sites for hydroxylation is 3. The highest BCUT2D eigenvalue weighted by Gasteiger charge is 2.02. The molecule has 17 heavy (non-hydrogen) atoms. The summed E-state index contributed by atoms with van der Waals surface area (Å²) >= 11 is 0. The fourth-order valence-corrected chi connectivity index (χ4v) is 1.72. The summed E-state index contributed by atoms with van der Waals surface area (Å²) in [6.07, 6.45) is 0. The average Bonchev–Trinajstić information content (AvgIpc) is 2.13. The number of nitrogens with one attached hydrogen (secondary N) is 1. The zero-order chi connectivity index (χ0) is 12.4. The van der Waals surface area contributed by atoms with Crippen LogP contribution >= 0.6 is 0 Å². The summed E-state index contributed by atoms with van der Waals surface area (Å²) in [6, 6.07) is 7.21. The first-order valence-corrected chi connectivity index (χ1v) is 5.37. The van der Waals surface area contributed by atoms with E-state index in [1.165, 1.54) is 6.07 Å². The Balaban J connectivity index is 2.34. The molecule has 0 amide bonds. The van der Waals surface area contributed by atoms with Gasteiger partial charge >= 0.3 is 0 Å². The van der Waals surface area contributed by atoms with Gasteiger partial charge in [0.1, 0.15) is 11.6 Å². The number of aromatic nitrogens is 2. The summed E-state index contributed by atoms with van der Waals surface area (Å²) in [4.78, 5) is 17.9. The zero-order valence-electron chi connectivity index (χ0n) is 10.1. The second-order valence-electron chi connectivity index (χ2n) is 4.09. The van der Waals surface area contributed by atoms with Crippen molar-refractivity contribution in [2.75, 3.05) is 0 Å². The molecule has 0 aliphatic heterocycles.